The van der Waals surface area contributed by atoms with Crippen molar-refractivity contribution in [1.82, 2.24) is 20.1 Å². The van der Waals surface area contributed by atoms with Crippen LogP contribution in [0.1, 0.15) is 27.6 Å². The number of methoxy groups -OCH3 is 1. The molecule has 0 radical (unpaired) electrons. The summed E-state index contributed by atoms with van der Waals surface area (Å²) in [6.45, 7) is 1.89. The van der Waals surface area contributed by atoms with Gasteiger partial charge in [0.1, 0.15) is 16.6 Å². The van der Waals surface area contributed by atoms with Crippen LogP contribution in [0.5, 0.6) is 5.75 Å². The number of ether oxygens (including phenoxy) is 1. The Bertz CT molecular complexity index is 1320. The van der Waals surface area contributed by atoms with Gasteiger partial charge < -0.3 is 15.4 Å². The number of anilines is 1. The third-order valence-electron chi connectivity index (χ3n) is 4.84. The van der Waals surface area contributed by atoms with E-state index in [0.29, 0.717) is 44.2 Å². The Morgan fingerprint density at radius 3 is 2.70 bits per heavy atom. The lowest BCUT2D eigenvalue weighted by atomic mass is 10.1. The first kappa shape index (κ1) is 22.5. The standard InChI is InChI=1S/C23H20ClN5O3S/c1-14-27-28-20(13-25-23(31)26-15-6-5-7-16(12-15)32-2)29(14)22-18(10-11-33-22)21(30)17-8-3-4-9-19(17)24/h3-12H,13H2,1-2H3,(H2,25,26,31). The van der Waals surface area contributed by atoms with Gasteiger partial charge in [0.05, 0.1) is 24.2 Å². The predicted octanol–water partition coefficient (Wildman–Crippen LogP) is 4.85. The minimum Gasteiger partial charge on any atom is -0.497 e. The molecule has 0 atom stereocenters. The molecule has 168 valence electrons. The molecular formula is C23H20ClN5O3S. The molecule has 2 N–H and O–H groups in total. The number of amides is 2. The summed E-state index contributed by atoms with van der Waals surface area (Å²) in [5, 5.41) is 16.7. The van der Waals surface area contributed by atoms with Crippen LogP contribution in [0.3, 0.4) is 0 Å². The average molecular weight is 482 g/mol. The van der Waals surface area contributed by atoms with Gasteiger partial charge in [0, 0.05) is 17.3 Å². The molecule has 0 aliphatic heterocycles. The van der Waals surface area contributed by atoms with Gasteiger partial charge in [0.15, 0.2) is 11.6 Å². The quantitative estimate of drug-likeness (QED) is 0.367. The first-order chi connectivity index (χ1) is 16.0. The summed E-state index contributed by atoms with van der Waals surface area (Å²) >= 11 is 7.62. The number of carbonyl (C=O) groups excluding carboxylic acids is 2. The van der Waals surface area contributed by atoms with Gasteiger partial charge in [-0.25, -0.2) is 4.79 Å². The number of carbonyl (C=O) groups is 2. The van der Waals surface area contributed by atoms with Crippen molar-refractivity contribution in [2.75, 3.05) is 12.4 Å². The molecule has 4 aromatic rings. The van der Waals surface area contributed by atoms with Crippen molar-refractivity contribution >= 4 is 40.4 Å². The second-order valence-electron chi connectivity index (χ2n) is 6.99. The first-order valence-electron chi connectivity index (χ1n) is 9.95. The predicted molar refractivity (Wildman–Crippen MR) is 128 cm³/mol. The molecule has 0 aliphatic carbocycles. The number of rotatable bonds is 7. The zero-order valence-corrected chi connectivity index (χ0v) is 19.4. The van der Waals surface area contributed by atoms with Crippen molar-refractivity contribution < 1.29 is 14.3 Å². The highest BCUT2D eigenvalue weighted by Crippen LogP contribution is 2.28. The summed E-state index contributed by atoms with van der Waals surface area (Å²) in [6.07, 6.45) is 0. The molecule has 0 saturated heterocycles. The average Bonchev–Trinajstić information content (AvgIpc) is 3.43. The van der Waals surface area contributed by atoms with E-state index >= 15 is 0 Å². The van der Waals surface area contributed by atoms with Crippen molar-refractivity contribution in [3.8, 4) is 10.8 Å². The number of halogens is 1. The van der Waals surface area contributed by atoms with E-state index in [9.17, 15) is 9.59 Å². The SMILES string of the molecule is COc1cccc(NC(=O)NCc2nnc(C)n2-c2sccc2C(=O)c2ccccc2Cl)c1. The molecule has 10 heteroatoms. The number of nitrogens with one attached hydrogen (secondary N) is 2. The summed E-state index contributed by atoms with van der Waals surface area (Å²) in [7, 11) is 1.56. The molecule has 0 aliphatic rings. The van der Waals surface area contributed by atoms with Crippen molar-refractivity contribution in [3.63, 3.8) is 0 Å². The molecule has 33 heavy (non-hydrogen) atoms. The highest BCUT2D eigenvalue weighted by molar-refractivity contribution is 7.13. The molecule has 0 bridgehead atoms. The van der Waals surface area contributed by atoms with E-state index in [0.717, 1.165) is 0 Å². The molecule has 2 aromatic heterocycles. The van der Waals surface area contributed by atoms with Gasteiger partial charge >= 0.3 is 6.03 Å². The van der Waals surface area contributed by atoms with Crippen LogP contribution < -0.4 is 15.4 Å². The largest absolute Gasteiger partial charge is 0.497 e. The summed E-state index contributed by atoms with van der Waals surface area (Å²) in [4.78, 5) is 25.6. The van der Waals surface area contributed by atoms with Crippen molar-refractivity contribution in [1.29, 1.82) is 0 Å². The van der Waals surface area contributed by atoms with Crippen molar-refractivity contribution in [2.45, 2.75) is 13.5 Å². The summed E-state index contributed by atoms with van der Waals surface area (Å²) in [5.74, 6) is 1.52. The molecule has 0 saturated carbocycles. The number of aryl methyl sites for hydroxylation is 1. The van der Waals surface area contributed by atoms with Crippen LogP contribution >= 0.6 is 22.9 Å². The molecule has 0 fully saturated rings. The summed E-state index contributed by atoms with van der Waals surface area (Å²) < 4.78 is 6.93. The third kappa shape index (κ3) is 4.89. The molecule has 2 heterocycles. The molecule has 4 rings (SSSR count). The van der Waals surface area contributed by atoms with Crippen LogP contribution in [0, 0.1) is 6.92 Å². The number of nitrogens with zero attached hydrogens (tertiary/aromatic N) is 3. The highest BCUT2D eigenvalue weighted by Gasteiger charge is 2.22. The Hall–Kier alpha value is -3.69. The fraction of sp³-hybridized carbons (Fsp3) is 0.130. The highest BCUT2D eigenvalue weighted by atomic mass is 35.5. The van der Waals surface area contributed by atoms with E-state index < -0.39 is 6.03 Å². The van der Waals surface area contributed by atoms with E-state index in [1.807, 2.05) is 5.38 Å². The lowest BCUT2D eigenvalue weighted by molar-refractivity contribution is 0.103. The Labute approximate surface area is 199 Å². The fourth-order valence-electron chi connectivity index (χ4n) is 3.26. The molecule has 0 spiro atoms. The normalized spacial score (nSPS) is 10.6. The number of ketones is 1. The van der Waals surface area contributed by atoms with Crippen molar-refractivity contribution in [2.24, 2.45) is 0 Å². The van der Waals surface area contributed by atoms with Gasteiger partial charge in [-0.15, -0.1) is 21.5 Å². The molecule has 8 nitrogen and oxygen atoms in total. The van der Waals surface area contributed by atoms with Gasteiger partial charge in [0.25, 0.3) is 0 Å². The van der Waals surface area contributed by atoms with E-state index in [4.69, 9.17) is 16.3 Å². The van der Waals surface area contributed by atoms with E-state index in [2.05, 4.69) is 20.8 Å². The van der Waals surface area contributed by atoms with Gasteiger partial charge in [0.2, 0.25) is 0 Å². The third-order valence-corrected chi connectivity index (χ3v) is 6.07. The Balaban J connectivity index is 1.54. The zero-order valence-electron chi connectivity index (χ0n) is 17.8. The number of urea groups is 1. The number of thiophene rings is 1. The van der Waals surface area contributed by atoms with Crippen LogP contribution in [0.15, 0.2) is 60.0 Å². The molecule has 2 amide bonds. The topological polar surface area (TPSA) is 98.1 Å². The maximum atomic E-state index is 13.2. The number of benzene rings is 2. The van der Waals surface area contributed by atoms with E-state index in [1.54, 1.807) is 73.2 Å². The minimum atomic E-state index is -0.408. The Morgan fingerprint density at radius 1 is 1.09 bits per heavy atom. The molecule has 2 aromatic carbocycles. The van der Waals surface area contributed by atoms with Crippen LogP contribution in [-0.4, -0.2) is 33.7 Å². The van der Waals surface area contributed by atoms with E-state index in [1.165, 1.54) is 11.3 Å². The van der Waals surface area contributed by atoms with E-state index in [-0.39, 0.29) is 12.3 Å². The molecular weight excluding hydrogens is 462 g/mol. The van der Waals surface area contributed by atoms with Gasteiger partial charge in [-0.1, -0.05) is 29.8 Å². The number of aromatic nitrogens is 3. The second kappa shape index (κ2) is 9.85. The lowest BCUT2D eigenvalue weighted by Crippen LogP contribution is -2.29. The number of hydrogen-bond acceptors (Lipinski definition) is 6. The maximum Gasteiger partial charge on any atom is 0.319 e. The Kier molecular flexibility index (Phi) is 6.71. The van der Waals surface area contributed by atoms with Crippen LogP contribution in [0.2, 0.25) is 5.02 Å². The van der Waals surface area contributed by atoms with Crippen molar-refractivity contribution in [3.05, 3.63) is 87.8 Å². The van der Waals surface area contributed by atoms with Crippen LogP contribution in [-0.2, 0) is 6.54 Å². The summed E-state index contributed by atoms with van der Waals surface area (Å²) in [6, 6.07) is 15.3. The summed E-state index contributed by atoms with van der Waals surface area (Å²) in [5.41, 5.74) is 1.50. The van der Waals surface area contributed by atoms with Crippen LogP contribution in [0.25, 0.3) is 5.00 Å². The maximum absolute atomic E-state index is 13.2. The van der Waals surface area contributed by atoms with Gasteiger partial charge in [-0.05, 0) is 42.6 Å². The monoisotopic (exact) mass is 481 g/mol. The second-order valence-corrected chi connectivity index (χ2v) is 8.29. The zero-order chi connectivity index (χ0) is 23.4. The number of hydrogen-bond donors (Lipinski definition) is 2. The molecule has 0 unspecified atom stereocenters. The minimum absolute atomic E-state index is 0.105. The fourth-order valence-corrected chi connectivity index (χ4v) is 4.44. The van der Waals surface area contributed by atoms with Gasteiger partial charge in [-0.3, -0.25) is 9.36 Å². The smallest absolute Gasteiger partial charge is 0.319 e. The first-order valence-corrected chi connectivity index (χ1v) is 11.2. The van der Waals surface area contributed by atoms with Crippen LogP contribution in [0.4, 0.5) is 10.5 Å². The Morgan fingerprint density at radius 2 is 1.91 bits per heavy atom. The lowest BCUT2D eigenvalue weighted by Gasteiger charge is -2.11. The van der Waals surface area contributed by atoms with Gasteiger partial charge in [-0.2, -0.15) is 0 Å².